The summed E-state index contributed by atoms with van der Waals surface area (Å²) in [5.41, 5.74) is 1.08. The third kappa shape index (κ3) is 6.08. The topological polar surface area (TPSA) is 95.7 Å². The molecule has 24 heavy (non-hydrogen) atoms. The standard InChI is InChI=1S/C17H19NO6/c1-23-16(19)15(17(20)24-2)14(12-18(21)22)11-7-6-10-13-8-4-3-5-9-13/h3-5,8-9,14-15H,6,10,12H2,1-2H3/t14-/m1/s1. The van der Waals surface area contributed by atoms with Crippen LogP contribution in [0.25, 0.3) is 0 Å². The van der Waals surface area contributed by atoms with E-state index in [1.165, 1.54) is 0 Å². The molecule has 1 aromatic carbocycles. The van der Waals surface area contributed by atoms with E-state index in [1.807, 2.05) is 30.3 Å². The highest BCUT2D eigenvalue weighted by Crippen LogP contribution is 2.16. The van der Waals surface area contributed by atoms with E-state index >= 15 is 0 Å². The second-order valence-corrected chi connectivity index (χ2v) is 4.95. The smallest absolute Gasteiger partial charge is 0.321 e. The van der Waals surface area contributed by atoms with Gasteiger partial charge in [-0.1, -0.05) is 36.3 Å². The van der Waals surface area contributed by atoms with E-state index in [-0.39, 0.29) is 0 Å². The Morgan fingerprint density at radius 1 is 1.17 bits per heavy atom. The Labute approximate surface area is 140 Å². The number of nitrogens with zero attached hydrogens (tertiary/aromatic N) is 1. The van der Waals surface area contributed by atoms with Crippen molar-refractivity contribution in [1.29, 1.82) is 0 Å². The van der Waals surface area contributed by atoms with Crippen molar-refractivity contribution in [1.82, 2.24) is 0 Å². The molecule has 0 spiro atoms. The minimum Gasteiger partial charge on any atom is -0.468 e. The molecule has 0 amide bonds. The molecule has 0 radical (unpaired) electrons. The molecule has 0 bridgehead atoms. The van der Waals surface area contributed by atoms with Gasteiger partial charge >= 0.3 is 11.9 Å². The number of hydrogen-bond acceptors (Lipinski definition) is 6. The summed E-state index contributed by atoms with van der Waals surface area (Å²) in [6, 6.07) is 9.61. The van der Waals surface area contributed by atoms with Gasteiger partial charge in [0.25, 0.3) is 0 Å². The third-order valence-electron chi connectivity index (χ3n) is 3.33. The summed E-state index contributed by atoms with van der Waals surface area (Å²) in [4.78, 5) is 33.8. The van der Waals surface area contributed by atoms with Crippen LogP contribution < -0.4 is 0 Å². The highest BCUT2D eigenvalue weighted by Gasteiger charge is 2.39. The van der Waals surface area contributed by atoms with Gasteiger partial charge in [-0.2, -0.15) is 0 Å². The lowest BCUT2D eigenvalue weighted by Gasteiger charge is -2.15. The summed E-state index contributed by atoms with van der Waals surface area (Å²) in [7, 11) is 2.20. The number of rotatable bonds is 7. The molecule has 1 aromatic rings. The minimum absolute atomic E-state index is 0.452. The van der Waals surface area contributed by atoms with Gasteiger partial charge in [0, 0.05) is 11.3 Å². The number of aryl methyl sites for hydroxylation is 1. The van der Waals surface area contributed by atoms with Crippen LogP contribution in [0.4, 0.5) is 0 Å². The van der Waals surface area contributed by atoms with Gasteiger partial charge in [-0.3, -0.25) is 19.7 Å². The molecule has 0 aliphatic carbocycles. The molecule has 128 valence electrons. The van der Waals surface area contributed by atoms with Gasteiger partial charge in [0.15, 0.2) is 5.92 Å². The molecule has 0 fully saturated rings. The fourth-order valence-electron chi connectivity index (χ4n) is 2.13. The molecule has 0 heterocycles. The fraction of sp³-hybridized carbons (Fsp3) is 0.412. The quantitative estimate of drug-likeness (QED) is 0.246. The van der Waals surface area contributed by atoms with Crippen LogP contribution in [-0.2, 0) is 25.5 Å². The van der Waals surface area contributed by atoms with E-state index in [0.29, 0.717) is 12.8 Å². The Kier molecular flexibility index (Phi) is 7.99. The zero-order valence-corrected chi connectivity index (χ0v) is 13.6. The van der Waals surface area contributed by atoms with E-state index < -0.39 is 35.2 Å². The third-order valence-corrected chi connectivity index (χ3v) is 3.33. The zero-order valence-electron chi connectivity index (χ0n) is 13.6. The van der Waals surface area contributed by atoms with Crippen molar-refractivity contribution in [3.63, 3.8) is 0 Å². The summed E-state index contributed by atoms with van der Waals surface area (Å²) in [6.07, 6.45) is 1.12. The maximum Gasteiger partial charge on any atom is 0.321 e. The molecule has 0 saturated heterocycles. The highest BCUT2D eigenvalue weighted by atomic mass is 16.6. The lowest BCUT2D eigenvalue weighted by Crippen LogP contribution is -2.36. The predicted octanol–water partition coefficient (Wildman–Crippen LogP) is 1.48. The van der Waals surface area contributed by atoms with Gasteiger partial charge in [-0.25, -0.2) is 0 Å². The molecule has 0 saturated carbocycles. The average molecular weight is 333 g/mol. The molecule has 0 aromatic heterocycles. The average Bonchev–Trinajstić information content (AvgIpc) is 2.58. The zero-order chi connectivity index (χ0) is 17.9. The SMILES string of the molecule is COC(=O)C(C(=O)OC)[C@H](C#CCCc1ccccc1)C[N+](=O)[O-]. The second-order valence-electron chi connectivity index (χ2n) is 4.95. The summed E-state index contributed by atoms with van der Waals surface area (Å²) in [5, 5.41) is 10.8. The fourth-order valence-corrected chi connectivity index (χ4v) is 2.13. The lowest BCUT2D eigenvalue weighted by atomic mass is 9.92. The van der Waals surface area contributed by atoms with Crippen molar-refractivity contribution in [3.05, 3.63) is 46.0 Å². The highest BCUT2D eigenvalue weighted by molar-refractivity contribution is 5.95. The number of carbonyl (C=O) groups is 2. The molecule has 0 aliphatic heterocycles. The number of carbonyl (C=O) groups excluding carboxylic acids is 2. The monoisotopic (exact) mass is 333 g/mol. The van der Waals surface area contributed by atoms with Crippen LogP contribution in [0.2, 0.25) is 0 Å². The molecule has 1 rings (SSSR count). The molecule has 7 nitrogen and oxygen atoms in total. The maximum atomic E-state index is 11.8. The Bertz CT molecular complexity index is 615. The maximum absolute atomic E-state index is 11.8. The van der Waals surface area contributed by atoms with Crippen LogP contribution >= 0.6 is 0 Å². The van der Waals surface area contributed by atoms with E-state index in [1.54, 1.807) is 0 Å². The number of methoxy groups -OCH3 is 2. The Hall–Kier alpha value is -2.88. The van der Waals surface area contributed by atoms with Crippen LogP contribution in [0.1, 0.15) is 12.0 Å². The lowest BCUT2D eigenvalue weighted by molar-refractivity contribution is -0.486. The van der Waals surface area contributed by atoms with E-state index in [2.05, 4.69) is 21.3 Å². The van der Waals surface area contributed by atoms with Gasteiger partial charge in [0.2, 0.25) is 6.54 Å². The molecule has 7 heteroatoms. The molecule has 0 N–H and O–H groups in total. The van der Waals surface area contributed by atoms with E-state index in [0.717, 1.165) is 19.8 Å². The van der Waals surface area contributed by atoms with Gasteiger partial charge in [0.05, 0.1) is 14.2 Å². The van der Waals surface area contributed by atoms with Crippen LogP contribution in [0.15, 0.2) is 30.3 Å². The first-order valence-electron chi connectivity index (χ1n) is 7.29. The number of nitro groups is 1. The number of esters is 2. The number of hydrogen-bond donors (Lipinski definition) is 0. The number of ether oxygens (including phenoxy) is 2. The summed E-state index contributed by atoms with van der Waals surface area (Å²) in [6.45, 7) is -0.646. The Morgan fingerprint density at radius 2 is 1.75 bits per heavy atom. The minimum atomic E-state index is -1.44. The first kappa shape index (κ1) is 19.2. The molecule has 0 aliphatic rings. The van der Waals surface area contributed by atoms with Crippen LogP contribution in [0.5, 0.6) is 0 Å². The predicted molar refractivity (Wildman–Crippen MR) is 85.4 cm³/mol. The van der Waals surface area contributed by atoms with Crippen LogP contribution in [0.3, 0.4) is 0 Å². The second kappa shape index (κ2) is 10.0. The van der Waals surface area contributed by atoms with Crippen LogP contribution in [-0.4, -0.2) is 37.6 Å². The largest absolute Gasteiger partial charge is 0.468 e. The number of benzene rings is 1. The summed E-state index contributed by atoms with van der Waals surface area (Å²) >= 11 is 0. The summed E-state index contributed by atoms with van der Waals surface area (Å²) in [5.74, 6) is 1.14. The van der Waals surface area contributed by atoms with E-state index in [4.69, 9.17) is 0 Å². The molecule has 1 atom stereocenters. The summed E-state index contributed by atoms with van der Waals surface area (Å²) < 4.78 is 9.09. The van der Waals surface area contributed by atoms with Crippen molar-refractivity contribution in [2.24, 2.45) is 11.8 Å². The van der Waals surface area contributed by atoms with Gasteiger partial charge in [-0.15, -0.1) is 5.92 Å². The van der Waals surface area contributed by atoms with Crippen molar-refractivity contribution in [2.75, 3.05) is 20.8 Å². The van der Waals surface area contributed by atoms with Crippen molar-refractivity contribution < 1.29 is 24.0 Å². The van der Waals surface area contributed by atoms with Crippen molar-refractivity contribution >= 4 is 11.9 Å². The molecular formula is C17H19NO6. The normalized spacial score (nSPS) is 11.1. The van der Waals surface area contributed by atoms with Crippen molar-refractivity contribution in [3.8, 4) is 11.8 Å². The molecule has 0 unspecified atom stereocenters. The van der Waals surface area contributed by atoms with Gasteiger partial charge < -0.3 is 9.47 Å². The first-order valence-corrected chi connectivity index (χ1v) is 7.29. The van der Waals surface area contributed by atoms with Gasteiger partial charge in [-0.05, 0) is 12.0 Å². The van der Waals surface area contributed by atoms with Gasteiger partial charge in [0.1, 0.15) is 5.92 Å². The Morgan fingerprint density at radius 3 is 2.25 bits per heavy atom. The van der Waals surface area contributed by atoms with Crippen molar-refractivity contribution in [2.45, 2.75) is 12.8 Å². The van der Waals surface area contributed by atoms with E-state index in [9.17, 15) is 19.7 Å². The van der Waals surface area contributed by atoms with Crippen LogP contribution in [0, 0.1) is 33.8 Å². The molecular weight excluding hydrogens is 314 g/mol. The Balaban J connectivity index is 2.87. The first-order chi connectivity index (χ1) is 11.5.